The van der Waals surface area contributed by atoms with Crippen molar-refractivity contribution < 1.29 is 14.0 Å². The van der Waals surface area contributed by atoms with Crippen LogP contribution in [0.15, 0.2) is 24.4 Å². The number of anilines is 1. The van der Waals surface area contributed by atoms with Crippen LogP contribution in [0, 0.1) is 12.7 Å². The van der Waals surface area contributed by atoms with Crippen LogP contribution < -0.4 is 16.4 Å². The number of urea groups is 1. The molecule has 2 aromatic rings. The van der Waals surface area contributed by atoms with Gasteiger partial charge in [-0.1, -0.05) is 33.8 Å². The Morgan fingerprint density at radius 2 is 1.94 bits per heavy atom. The van der Waals surface area contributed by atoms with Crippen molar-refractivity contribution in [1.29, 1.82) is 0 Å². The highest BCUT2D eigenvalue weighted by atomic mass is 19.1. The standard InChI is InChI=1S/C17H18FN5O2.2C2H6.CH5N/c1-11-14(12-2-3-15(18)13(8-12)10-24)9-21-16(22-11)19-4-6-23-7-5-20-17(23)25;3*1-2/h2-3,8-10H,4-7H2,1H3,(H,20,25)(H,19,21,22);2*1-2H3;2H2,1H3. The molecule has 2 heterocycles. The average Bonchev–Trinajstić information content (AvgIpc) is 3.23. The fourth-order valence-electron chi connectivity index (χ4n) is 2.66. The number of nitrogens with two attached hydrogens (primary N) is 1. The molecule has 0 spiro atoms. The Morgan fingerprint density at radius 3 is 2.48 bits per heavy atom. The van der Waals surface area contributed by atoms with Crippen molar-refractivity contribution >= 4 is 18.3 Å². The van der Waals surface area contributed by atoms with E-state index in [1.807, 2.05) is 34.6 Å². The summed E-state index contributed by atoms with van der Waals surface area (Å²) in [5.41, 5.74) is 6.62. The highest BCUT2D eigenvalue weighted by Gasteiger charge is 2.18. The minimum Gasteiger partial charge on any atom is -0.352 e. The number of amides is 2. The lowest BCUT2D eigenvalue weighted by molar-refractivity contribution is 0.112. The maximum absolute atomic E-state index is 13.4. The molecule has 8 nitrogen and oxygen atoms in total. The lowest BCUT2D eigenvalue weighted by atomic mass is 10.0. The van der Waals surface area contributed by atoms with Crippen LogP contribution in [-0.2, 0) is 0 Å². The van der Waals surface area contributed by atoms with Crippen LogP contribution in [0.25, 0.3) is 11.1 Å². The average molecular weight is 435 g/mol. The monoisotopic (exact) mass is 434 g/mol. The van der Waals surface area contributed by atoms with Crippen molar-refractivity contribution in [3.8, 4) is 11.1 Å². The van der Waals surface area contributed by atoms with Gasteiger partial charge in [-0.15, -0.1) is 0 Å². The number of halogens is 1. The number of benzene rings is 1. The van der Waals surface area contributed by atoms with E-state index < -0.39 is 5.82 Å². The molecule has 0 aliphatic carbocycles. The van der Waals surface area contributed by atoms with E-state index in [9.17, 15) is 14.0 Å². The molecule has 1 aliphatic heterocycles. The molecule has 3 rings (SSSR count). The number of aromatic nitrogens is 2. The van der Waals surface area contributed by atoms with E-state index >= 15 is 0 Å². The molecule has 1 aliphatic rings. The Kier molecular flexibility index (Phi) is 14.2. The van der Waals surface area contributed by atoms with Gasteiger partial charge in [-0.3, -0.25) is 4.79 Å². The molecule has 1 aromatic carbocycles. The van der Waals surface area contributed by atoms with E-state index in [4.69, 9.17) is 0 Å². The SMILES string of the molecule is CC.CC.CN.Cc1nc(NCCN2CCNC2=O)ncc1-c1ccc(F)c(C=O)c1. The molecule has 9 heteroatoms. The Hall–Kier alpha value is -3.07. The second-order valence-corrected chi connectivity index (χ2v) is 5.69. The third-order valence-electron chi connectivity index (χ3n) is 4.02. The normalized spacial score (nSPS) is 11.6. The van der Waals surface area contributed by atoms with Crippen LogP contribution >= 0.6 is 0 Å². The minimum absolute atomic E-state index is 0.00277. The summed E-state index contributed by atoms with van der Waals surface area (Å²) in [5.74, 6) is -0.0971. The van der Waals surface area contributed by atoms with E-state index in [1.54, 1.807) is 17.2 Å². The van der Waals surface area contributed by atoms with Crippen LogP contribution in [0.5, 0.6) is 0 Å². The van der Waals surface area contributed by atoms with Gasteiger partial charge in [-0.05, 0) is 31.7 Å². The highest BCUT2D eigenvalue weighted by Crippen LogP contribution is 2.24. The van der Waals surface area contributed by atoms with Crippen molar-refractivity contribution in [2.75, 3.05) is 38.5 Å². The zero-order valence-corrected chi connectivity index (χ0v) is 19.3. The second-order valence-electron chi connectivity index (χ2n) is 5.69. The summed E-state index contributed by atoms with van der Waals surface area (Å²) in [4.78, 5) is 32.7. The number of carbonyl (C=O) groups excluding carboxylic acids is 2. The molecule has 1 aromatic heterocycles. The van der Waals surface area contributed by atoms with Gasteiger partial charge in [0.05, 0.1) is 11.3 Å². The molecule has 0 atom stereocenters. The van der Waals surface area contributed by atoms with Crippen LogP contribution in [0.2, 0.25) is 0 Å². The fraction of sp³-hybridized carbons (Fsp3) is 0.455. The largest absolute Gasteiger partial charge is 0.352 e. The lowest BCUT2D eigenvalue weighted by Gasteiger charge is -2.14. The van der Waals surface area contributed by atoms with E-state index in [1.165, 1.54) is 19.2 Å². The Labute approximate surface area is 184 Å². The van der Waals surface area contributed by atoms with E-state index in [-0.39, 0.29) is 11.6 Å². The van der Waals surface area contributed by atoms with Crippen molar-refractivity contribution in [2.45, 2.75) is 34.6 Å². The second kappa shape index (κ2) is 15.7. The number of nitrogens with zero attached hydrogens (tertiary/aromatic N) is 3. The molecule has 0 radical (unpaired) electrons. The number of carbonyl (C=O) groups is 2. The molecule has 0 bridgehead atoms. The number of nitrogens with one attached hydrogen (secondary N) is 2. The molecule has 0 unspecified atom stereocenters. The fourth-order valence-corrected chi connectivity index (χ4v) is 2.66. The summed E-state index contributed by atoms with van der Waals surface area (Å²) in [6.45, 7) is 12.3. The Balaban J connectivity index is 0.00000138. The van der Waals surface area contributed by atoms with Crippen LogP contribution in [0.4, 0.5) is 15.1 Å². The summed E-state index contributed by atoms with van der Waals surface area (Å²) in [5, 5.41) is 5.83. The third-order valence-corrected chi connectivity index (χ3v) is 4.02. The van der Waals surface area contributed by atoms with Gasteiger partial charge in [0, 0.05) is 37.9 Å². The van der Waals surface area contributed by atoms with Crippen LogP contribution in [-0.4, -0.2) is 60.4 Å². The van der Waals surface area contributed by atoms with Gasteiger partial charge in [0.1, 0.15) is 5.82 Å². The van der Waals surface area contributed by atoms with Gasteiger partial charge < -0.3 is 21.3 Å². The Morgan fingerprint density at radius 1 is 1.26 bits per heavy atom. The van der Waals surface area contributed by atoms with Gasteiger partial charge in [0.25, 0.3) is 0 Å². The Bertz CT molecular complexity index is 817. The molecular formula is C22H35FN6O2. The molecule has 2 amide bonds. The van der Waals surface area contributed by atoms with Gasteiger partial charge >= 0.3 is 6.03 Å². The first-order chi connectivity index (χ1) is 15.1. The van der Waals surface area contributed by atoms with E-state index in [0.29, 0.717) is 49.7 Å². The van der Waals surface area contributed by atoms with Gasteiger partial charge in [-0.25, -0.2) is 19.2 Å². The van der Waals surface area contributed by atoms with Crippen molar-refractivity contribution in [3.05, 3.63) is 41.5 Å². The minimum atomic E-state index is -0.554. The van der Waals surface area contributed by atoms with E-state index in [2.05, 4.69) is 26.3 Å². The summed E-state index contributed by atoms with van der Waals surface area (Å²) in [6, 6.07) is 4.27. The summed E-state index contributed by atoms with van der Waals surface area (Å²) in [6.07, 6.45) is 2.12. The van der Waals surface area contributed by atoms with Gasteiger partial charge in [0.15, 0.2) is 6.29 Å². The number of hydrogen-bond donors (Lipinski definition) is 3. The third kappa shape index (κ3) is 8.29. The predicted octanol–water partition coefficient (Wildman–Crippen LogP) is 3.47. The maximum Gasteiger partial charge on any atom is 0.317 e. The number of rotatable bonds is 6. The van der Waals surface area contributed by atoms with E-state index in [0.717, 1.165) is 5.56 Å². The number of aryl methyl sites for hydroxylation is 1. The number of aldehydes is 1. The summed E-state index contributed by atoms with van der Waals surface area (Å²) < 4.78 is 13.4. The summed E-state index contributed by atoms with van der Waals surface area (Å²) >= 11 is 0. The predicted molar refractivity (Wildman–Crippen MR) is 124 cm³/mol. The molecule has 172 valence electrons. The van der Waals surface area contributed by atoms with Gasteiger partial charge in [-0.2, -0.15) is 0 Å². The topological polar surface area (TPSA) is 113 Å². The maximum atomic E-state index is 13.4. The highest BCUT2D eigenvalue weighted by molar-refractivity contribution is 5.79. The van der Waals surface area contributed by atoms with Crippen molar-refractivity contribution in [1.82, 2.24) is 20.2 Å². The van der Waals surface area contributed by atoms with Crippen molar-refractivity contribution in [2.24, 2.45) is 5.73 Å². The number of hydrogen-bond acceptors (Lipinski definition) is 6. The van der Waals surface area contributed by atoms with Crippen LogP contribution in [0.3, 0.4) is 0 Å². The molecule has 1 saturated heterocycles. The summed E-state index contributed by atoms with van der Waals surface area (Å²) in [7, 11) is 1.50. The molecule has 1 fully saturated rings. The molecule has 4 N–H and O–H groups in total. The van der Waals surface area contributed by atoms with Crippen LogP contribution in [0.1, 0.15) is 43.7 Å². The first-order valence-corrected chi connectivity index (χ1v) is 10.5. The zero-order chi connectivity index (χ0) is 23.8. The zero-order valence-electron chi connectivity index (χ0n) is 19.3. The first kappa shape index (κ1) is 27.9. The quantitative estimate of drug-likeness (QED) is 0.600. The van der Waals surface area contributed by atoms with Gasteiger partial charge in [0.2, 0.25) is 5.95 Å². The first-order valence-electron chi connectivity index (χ1n) is 10.5. The smallest absolute Gasteiger partial charge is 0.317 e. The van der Waals surface area contributed by atoms with Crippen molar-refractivity contribution in [3.63, 3.8) is 0 Å². The molecular weight excluding hydrogens is 399 g/mol. The lowest BCUT2D eigenvalue weighted by Crippen LogP contribution is -2.32. The molecule has 0 saturated carbocycles. The molecule has 31 heavy (non-hydrogen) atoms.